The summed E-state index contributed by atoms with van der Waals surface area (Å²) in [5.74, 6) is -0.412. The van der Waals surface area contributed by atoms with Gasteiger partial charge in [0.25, 0.3) is 10.1 Å². The van der Waals surface area contributed by atoms with Crippen molar-refractivity contribution in [2.24, 2.45) is 16.7 Å². The van der Waals surface area contributed by atoms with Gasteiger partial charge in [-0.3, -0.25) is 9.35 Å². The number of ketones is 1. The summed E-state index contributed by atoms with van der Waals surface area (Å²) < 4.78 is 30.8. The normalized spacial score (nSPS) is 35.8. The minimum absolute atomic E-state index is 0.0716. The van der Waals surface area contributed by atoms with Gasteiger partial charge in [-0.15, -0.1) is 0 Å². The van der Waals surface area contributed by atoms with Crippen LogP contribution in [0.3, 0.4) is 0 Å². The number of rotatable bonds is 2. The van der Waals surface area contributed by atoms with Gasteiger partial charge in [-0.1, -0.05) is 27.7 Å². The van der Waals surface area contributed by atoms with Crippen LogP contribution in [0.1, 0.15) is 34.1 Å². The highest BCUT2D eigenvalue weighted by Crippen LogP contribution is 2.53. The molecule has 1 saturated carbocycles. The fraction of sp³-hybridized carbons (Fsp3) is 0.900. The first-order chi connectivity index (χ1) is 6.51. The highest BCUT2D eigenvalue weighted by atomic mass is 32.2. The van der Waals surface area contributed by atoms with E-state index in [1.165, 1.54) is 0 Å². The first-order valence-electron chi connectivity index (χ1n) is 4.99. The molecule has 1 N–H and O–H groups in total. The summed E-state index contributed by atoms with van der Waals surface area (Å²) in [7, 11) is -4.11. The molecule has 0 aromatic heterocycles. The Morgan fingerprint density at radius 1 is 1.40 bits per heavy atom. The third-order valence-electron chi connectivity index (χ3n) is 4.23. The van der Waals surface area contributed by atoms with Gasteiger partial charge in [-0.25, -0.2) is 0 Å². The highest BCUT2D eigenvalue weighted by molar-refractivity contribution is 7.85. The van der Waals surface area contributed by atoms with Gasteiger partial charge in [0.1, 0.15) is 5.78 Å². The summed E-state index contributed by atoms with van der Waals surface area (Å²) in [5, 5.41) is 0. The average Bonchev–Trinajstić information content (AvgIpc) is 2.10. The molecule has 1 aliphatic carbocycles. The van der Waals surface area contributed by atoms with Crippen LogP contribution in [0.2, 0.25) is 0 Å². The molecule has 0 heterocycles. The molecule has 0 spiro atoms. The van der Waals surface area contributed by atoms with Crippen LogP contribution in [0.25, 0.3) is 0 Å². The molecule has 0 saturated heterocycles. The van der Waals surface area contributed by atoms with Crippen molar-refractivity contribution in [2.45, 2.75) is 34.1 Å². The molecule has 0 bridgehead atoms. The minimum Gasteiger partial charge on any atom is -0.299 e. The Balaban J connectivity index is 3.16. The zero-order valence-electron chi connectivity index (χ0n) is 9.57. The monoisotopic (exact) mass is 234 g/mol. The topological polar surface area (TPSA) is 71.4 Å². The molecule has 1 fully saturated rings. The van der Waals surface area contributed by atoms with Crippen LogP contribution in [-0.2, 0) is 14.9 Å². The summed E-state index contributed by atoms with van der Waals surface area (Å²) in [6.07, 6.45) is 0.388. The molecule has 0 amide bonds. The Morgan fingerprint density at radius 2 is 1.87 bits per heavy atom. The first-order valence-corrected chi connectivity index (χ1v) is 6.60. The van der Waals surface area contributed by atoms with Crippen molar-refractivity contribution < 1.29 is 17.8 Å². The zero-order valence-corrected chi connectivity index (χ0v) is 10.4. The second kappa shape index (κ2) is 3.28. The molecular weight excluding hydrogens is 216 g/mol. The molecule has 1 rings (SSSR count). The van der Waals surface area contributed by atoms with Gasteiger partial charge < -0.3 is 0 Å². The standard InChI is InChI=1S/C10H18O4S/c1-7-5-8(11)10(4,9(7,2)3)6-15(12,13)14/h7H,5-6H2,1-4H3,(H,12,13,14)/t7-,10-/m0/s1. The maximum atomic E-state index is 11.8. The van der Waals surface area contributed by atoms with E-state index in [0.29, 0.717) is 6.42 Å². The number of carbonyl (C=O) groups excluding carboxylic acids is 1. The summed E-state index contributed by atoms with van der Waals surface area (Å²) in [6.45, 7) is 7.33. The van der Waals surface area contributed by atoms with Crippen molar-refractivity contribution >= 4 is 15.9 Å². The molecule has 15 heavy (non-hydrogen) atoms. The lowest BCUT2D eigenvalue weighted by Crippen LogP contribution is -2.42. The molecule has 0 aromatic rings. The molecule has 0 aliphatic heterocycles. The van der Waals surface area contributed by atoms with Crippen molar-refractivity contribution in [1.82, 2.24) is 0 Å². The minimum atomic E-state index is -4.11. The average molecular weight is 234 g/mol. The van der Waals surface area contributed by atoms with E-state index in [4.69, 9.17) is 4.55 Å². The Kier molecular flexibility index (Phi) is 2.77. The van der Waals surface area contributed by atoms with Crippen LogP contribution in [-0.4, -0.2) is 24.5 Å². The van der Waals surface area contributed by atoms with Crippen molar-refractivity contribution in [3.05, 3.63) is 0 Å². The Morgan fingerprint density at radius 3 is 2.13 bits per heavy atom. The van der Waals surface area contributed by atoms with Crippen molar-refractivity contribution in [2.75, 3.05) is 5.75 Å². The van der Waals surface area contributed by atoms with Crippen LogP contribution in [0.4, 0.5) is 0 Å². The van der Waals surface area contributed by atoms with E-state index in [0.717, 1.165) is 0 Å². The molecule has 0 unspecified atom stereocenters. The summed E-state index contributed by atoms with van der Waals surface area (Å²) in [6, 6.07) is 0. The van der Waals surface area contributed by atoms with Crippen LogP contribution in [0.5, 0.6) is 0 Å². The predicted octanol–water partition coefficient (Wildman–Crippen LogP) is 1.52. The molecule has 2 atom stereocenters. The number of hydrogen-bond donors (Lipinski definition) is 1. The first kappa shape index (κ1) is 12.6. The van der Waals surface area contributed by atoms with Crippen molar-refractivity contribution in [1.29, 1.82) is 0 Å². The molecular formula is C10H18O4S. The van der Waals surface area contributed by atoms with Gasteiger partial charge in [0.05, 0.1) is 5.75 Å². The van der Waals surface area contributed by atoms with Gasteiger partial charge in [0, 0.05) is 11.8 Å². The maximum Gasteiger partial charge on any atom is 0.265 e. The predicted molar refractivity (Wildman–Crippen MR) is 57.1 cm³/mol. The lowest BCUT2D eigenvalue weighted by atomic mass is 9.67. The maximum absolute atomic E-state index is 11.8. The molecule has 0 aromatic carbocycles. The second-order valence-corrected chi connectivity index (χ2v) is 6.76. The molecule has 5 heteroatoms. The van der Waals surface area contributed by atoms with Crippen molar-refractivity contribution in [3.8, 4) is 0 Å². The molecule has 0 radical (unpaired) electrons. The summed E-state index contributed by atoms with van der Waals surface area (Å²) >= 11 is 0. The molecule has 88 valence electrons. The van der Waals surface area contributed by atoms with E-state index in [9.17, 15) is 13.2 Å². The fourth-order valence-electron chi connectivity index (χ4n) is 2.29. The van der Waals surface area contributed by atoms with Crippen LogP contribution in [0, 0.1) is 16.7 Å². The zero-order chi connectivity index (χ0) is 12.1. The molecule has 1 aliphatic rings. The Bertz CT molecular complexity index is 382. The van der Waals surface area contributed by atoms with Crippen LogP contribution >= 0.6 is 0 Å². The van der Waals surface area contributed by atoms with E-state index in [1.54, 1.807) is 6.92 Å². The van der Waals surface area contributed by atoms with Gasteiger partial charge in [-0.05, 0) is 11.3 Å². The lowest BCUT2D eigenvalue weighted by Gasteiger charge is -2.38. The Labute approximate surface area is 90.8 Å². The number of Topliss-reactive ketones (excluding diaryl/α,β-unsaturated/α-hetero) is 1. The second-order valence-electron chi connectivity index (χ2n) is 5.31. The van der Waals surface area contributed by atoms with Crippen molar-refractivity contribution in [3.63, 3.8) is 0 Å². The smallest absolute Gasteiger partial charge is 0.265 e. The van der Waals surface area contributed by atoms with Gasteiger partial charge in [0.2, 0.25) is 0 Å². The fourth-order valence-corrected chi connectivity index (χ4v) is 3.56. The van der Waals surface area contributed by atoms with Crippen LogP contribution < -0.4 is 0 Å². The summed E-state index contributed by atoms with van der Waals surface area (Å²) in [5.41, 5.74) is -1.38. The van der Waals surface area contributed by atoms with E-state index < -0.39 is 26.7 Å². The third kappa shape index (κ3) is 1.95. The Hall–Kier alpha value is -0.420. The third-order valence-corrected chi connectivity index (χ3v) is 5.17. The van der Waals surface area contributed by atoms with Gasteiger partial charge >= 0.3 is 0 Å². The SMILES string of the molecule is C[C@H]1CC(=O)[C@](C)(CS(=O)(=O)O)C1(C)C. The van der Waals surface area contributed by atoms with E-state index in [-0.39, 0.29) is 11.7 Å². The van der Waals surface area contributed by atoms with Gasteiger partial charge in [0.15, 0.2) is 0 Å². The van der Waals surface area contributed by atoms with E-state index in [1.807, 2.05) is 20.8 Å². The van der Waals surface area contributed by atoms with E-state index >= 15 is 0 Å². The summed E-state index contributed by atoms with van der Waals surface area (Å²) in [4.78, 5) is 11.8. The number of hydrogen-bond acceptors (Lipinski definition) is 3. The van der Waals surface area contributed by atoms with Gasteiger partial charge in [-0.2, -0.15) is 8.42 Å². The van der Waals surface area contributed by atoms with E-state index in [2.05, 4.69) is 0 Å². The quantitative estimate of drug-likeness (QED) is 0.735. The highest BCUT2D eigenvalue weighted by Gasteiger charge is 2.57. The lowest BCUT2D eigenvalue weighted by molar-refractivity contribution is -0.126. The molecule has 4 nitrogen and oxygen atoms in total. The number of carbonyl (C=O) groups is 1. The van der Waals surface area contributed by atoms with Crippen LogP contribution in [0.15, 0.2) is 0 Å². The largest absolute Gasteiger partial charge is 0.299 e.